The number of aromatic nitrogens is 2. The lowest BCUT2D eigenvalue weighted by Crippen LogP contribution is -2.32. The molecule has 1 aliphatic rings. The summed E-state index contributed by atoms with van der Waals surface area (Å²) in [5.74, 6) is -3.17. The molecule has 0 unspecified atom stereocenters. The number of rotatable bonds is 8. The van der Waals surface area contributed by atoms with E-state index in [-0.39, 0.29) is 18.1 Å². The molecule has 2 amide bonds. The minimum atomic E-state index is -5.31. The van der Waals surface area contributed by atoms with Crippen molar-refractivity contribution >= 4 is 34.7 Å². The molecule has 11 heteroatoms. The predicted octanol–water partition coefficient (Wildman–Crippen LogP) is 6.97. The van der Waals surface area contributed by atoms with Gasteiger partial charge in [-0.1, -0.05) is 55.8 Å². The first-order valence-corrected chi connectivity index (χ1v) is 14.2. The Morgan fingerprint density at radius 1 is 0.977 bits per heavy atom. The number of benzene rings is 3. The van der Waals surface area contributed by atoms with Crippen LogP contribution >= 0.6 is 0 Å². The lowest BCUT2D eigenvalue weighted by molar-refractivity contribution is -0.193. The molecule has 224 valence electrons. The normalized spacial score (nSPS) is 13.3. The van der Waals surface area contributed by atoms with Gasteiger partial charge in [-0.25, -0.2) is 19.4 Å². The predicted molar refractivity (Wildman–Crippen MR) is 156 cm³/mol. The molecule has 0 radical (unpaired) electrons. The zero-order valence-corrected chi connectivity index (χ0v) is 23.6. The average molecular weight is 593 g/mol. The number of carbonyl (C=O) groups excluding carboxylic acids is 3. The van der Waals surface area contributed by atoms with Gasteiger partial charge in [0.25, 0.3) is 0 Å². The van der Waals surface area contributed by atoms with Crippen LogP contribution < -0.4 is 5.32 Å². The van der Waals surface area contributed by atoms with Gasteiger partial charge in [0.1, 0.15) is 5.82 Å². The molecule has 1 saturated heterocycles. The smallest absolute Gasteiger partial charge is 0.383 e. The maximum absolute atomic E-state index is 12.9. The van der Waals surface area contributed by atoms with Crippen LogP contribution in [0.25, 0.3) is 22.2 Å². The van der Waals surface area contributed by atoms with Crippen molar-refractivity contribution in [2.24, 2.45) is 0 Å². The van der Waals surface area contributed by atoms with E-state index in [0.29, 0.717) is 41.9 Å². The topological polar surface area (TPSA) is 93.5 Å². The van der Waals surface area contributed by atoms with Gasteiger partial charge in [0.05, 0.1) is 16.6 Å². The number of hydrogen-bond donors (Lipinski definition) is 1. The Morgan fingerprint density at radius 2 is 1.72 bits per heavy atom. The number of fused-ring (bicyclic) bond motifs is 1. The fraction of sp³-hybridized carbons (Fsp3) is 0.312. The number of amides is 2. The van der Waals surface area contributed by atoms with Crippen molar-refractivity contribution in [1.82, 2.24) is 14.5 Å². The molecule has 1 fully saturated rings. The molecular formula is C32H31F3N4O4. The molecule has 0 saturated carbocycles. The number of nitrogens with one attached hydrogen (secondary N) is 1. The van der Waals surface area contributed by atoms with Crippen LogP contribution in [0.2, 0.25) is 0 Å². The van der Waals surface area contributed by atoms with Crippen LogP contribution in [0.5, 0.6) is 0 Å². The third-order valence-electron chi connectivity index (χ3n) is 7.37. The molecule has 5 rings (SSSR count). The maximum atomic E-state index is 12.9. The molecule has 4 aromatic rings. The summed E-state index contributed by atoms with van der Waals surface area (Å²) < 4.78 is 44.9. The third-order valence-corrected chi connectivity index (χ3v) is 7.37. The number of imidazole rings is 1. The van der Waals surface area contributed by atoms with Crippen LogP contribution in [0.1, 0.15) is 54.4 Å². The number of likely N-dealkylation sites (tertiary alicyclic amines) is 1. The van der Waals surface area contributed by atoms with E-state index in [4.69, 9.17) is 4.98 Å². The number of aryl methyl sites for hydroxylation is 1. The van der Waals surface area contributed by atoms with E-state index >= 15 is 0 Å². The van der Waals surface area contributed by atoms with Crippen molar-refractivity contribution in [2.45, 2.75) is 51.7 Å². The highest BCUT2D eigenvalue weighted by atomic mass is 19.4. The molecular weight excluding hydrogens is 561 g/mol. The standard InChI is InChI=1S/C32H31F3N4O4/c1-2-3-11-28-37-26-15-13-23(36-31(42)38-16-7-8-17-38)19-27(26)39(28)20-21-12-14-24(22-9-5-4-6-10-22)25(18-21)29(40)43-30(41)32(33,34)35/h4-6,9-10,12-15,18-19H,2-3,7-8,11,16-17,20H2,1H3,(H,36,42). The lowest BCUT2D eigenvalue weighted by atomic mass is 9.97. The Labute approximate surface area is 246 Å². The average Bonchev–Trinajstić information content (AvgIpc) is 3.65. The summed E-state index contributed by atoms with van der Waals surface area (Å²) in [6.45, 7) is 3.74. The summed E-state index contributed by atoms with van der Waals surface area (Å²) in [5, 5.41) is 2.96. The van der Waals surface area contributed by atoms with Crippen molar-refractivity contribution in [3.63, 3.8) is 0 Å². The van der Waals surface area contributed by atoms with Gasteiger partial charge >= 0.3 is 24.1 Å². The minimum Gasteiger partial charge on any atom is -0.383 e. The number of halogens is 3. The van der Waals surface area contributed by atoms with Crippen molar-refractivity contribution in [1.29, 1.82) is 0 Å². The van der Waals surface area contributed by atoms with E-state index in [9.17, 15) is 27.6 Å². The van der Waals surface area contributed by atoms with Gasteiger partial charge in [0.15, 0.2) is 0 Å². The molecule has 0 atom stereocenters. The number of nitrogens with zero attached hydrogens (tertiary/aromatic N) is 3. The highest BCUT2D eigenvalue weighted by molar-refractivity contribution is 6.03. The summed E-state index contributed by atoms with van der Waals surface area (Å²) in [6, 6.07) is 18.8. The van der Waals surface area contributed by atoms with Crippen molar-refractivity contribution in [2.75, 3.05) is 18.4 Å². The van der Waals surface area contributed by atoms with Crippen LogP contribution in [0.4, 0.5) is 23.7 Å². The second kappa shape index (κ2) is 12.7. The van der Waals surface area contributed by atoms with Crippen molar-refractivity contribution in [3.8, 4) is 11.1 Å². The van der Waals surface area contributed by atoms with Gasteiger partial charge in [0, 0.05) is 31.7 Å². The van der Waals surface area contributed by atoms with Gasteiger partial charge in [-0.15, -0.1) is 0 Å². The third kappa shape index (κ3) is 6.87. The molecule has 0 aliphatic carbocycles. The second-order valence-electron chi connectivity index (χ2n) is 10.5. The van der Waals surface area contributed by atoms with E-state index in [1.807, 2.05) is 16.7 Å². The van der Waals surface area contributed by atoms with Gasteiger partial charge in [-0.05, 0) is 60.2 Å². The molecule has 43 heavy (non-hydrogen) atoms. The molecule has 8 nitrogen and oxygen atoms in total. The molecule has 1 N–H and O–H groups in total. The monoisotopic (exact) mass is 592 g/mol. The summed E-state index contributed by atoms with van der Waals surface area (Å²) in [7, 11) is 0. The van der Waals surface area contributed by atoms with Crippen molar-refractivity contribution < 1.29 is 32.3 Å². The number of anilines is 1. The molecule has 1 aromatic heterocycles. The van der Waals surface area contributed by atoms with Crippen LogP contribution in [-0.4, -0.2) is 51.7 Å². The van der Waals surface area contributed by atoms with E-state index in [1.54, 1.807) is 53.4 Å². The van der Waals surface area contributed by atoms with E-state index < -0.39 is 18.1 Å². The fourth-order valence-electron chi connectivity index (χ4n) is 5.18. The Hall–Kier alpha value is -4.67. The Kier molecular flexibility index (Phi) is 8.79. The number of unbranched alkanes of at least 4 members (excludes halogenated alkanes) is 1. The van der Waals surface area contributed by atoms with Gasteiger partial charge in [0.2, 0.25) is 0 Å². The van der Waals surface area contributed by atoms with Gasteiger partial charge in [-0.2, -0.15) is 13.2 Å². The van der Waals surface area contributed by atoms with Crippen LogP contribution in [0.3, 0.4) is 0 Å². The summed E-state index contributed by atoms with van der Waals surface area (Å²) >= 11 is 0. The SMILES string of the molecule is CCCCc1nc2ccc(NC(=O)N3CCCC3)cc2n1Cc1ccc(-c2ccccc2)c(C(=O)OC(=O)C(F)(F)F)c1. The first-order valence-electron chi connectivity index (χ1n) is 14.2. The highest BCUT2D eigenvalue weighted by Crippen LogP contribution is 2.29. The Balaban J connectivity index is 1.52. The lowest BCUT2D eigenvalue weighted by Gasteiger charge is -2.16. The Morgan fingerprint density at radius 3 is 2.42 bits per heavy atom. The molecule has 0 bridgehead atoms. The van der Waals surface area contributed by atoms with Crippen LogP contribution in [0, 0.1) is 0 Å². The van der Waals surface area contributed by atoms with E-state index in [2.05, 4.69) is 17.0 Å². The number of alkyl halides is 3. The fourth-order valence-corrected chi connectivity index (χ4v) is 5.18. The van der Waals surface area contributed by atoms with Crippen molar-refractivity contribution in [3.05, 3.63) is 83.7 Å². The first-order chi connectivity index (χ1) is 20.6. The molecule has 3 aromatic carbocycles. The van der Waals surface area contributed by atoms with Crippen LogP contribution in [-0.2, 0) is 22.5 Å². The first kappa shape index (κ1) is 29.8. The quantitative estimate of drug-likeness (QED) is 0.176. The second-order valence-corrected chi connectivity index (χ2v) is 10.5. The number of esters is 2. The van der Waals surface area contributed by atoms with Gasteiger partial charge < -0.3 is 19.5 Å². The minimum absolute atomic E-state index is 0.165. The number of urea groups is 1. The zero-order chi connectivity index (χ0) is 30.6. The maximum Gasteiger partial charge on any atom is 0.491 e. The molecule has 0 spiro atoms. The number of ether oxygens (including phenoxy) is 1. The van der Waals surface area contributed by atoms with Gasteiger partial charge in [-0.3, -0.25) is 0 Å². The van der Waals surface area contributed by atoms with Crippen LogP contribution in [0.15, 0.2) is 66.7 Å². The highest BCUT2D eigenvalue weighted by Gasteiger charge is 2.42. The van der Waals surface area contributed by atoms with E-state index in [0.717, 1.165) is 42.5 Å². The summed E-state index contributed by atoms with van der Waals surface area (Å²) in [5.41, 5.74) is 3.43. The molecule has 1 aliphatic heterocycles. The number of carbonyl (C=O) groups is 3. The Bertz CT molecular complexity index is 1640. The molecule has 2 heterocycles. The largest absolute Gasteiger partial charge is 0.491 e. The zero-order valence-electron chi connectivity index (χ0n) is 23.6. The summed E-state index contributed by atoms with van der Waals surface area (Å²) in [4.78, 5) is 43.7. The summed E-state index contributed by atoms with van der Waals surface area (Å²) in [6.07, 6.45) is -0.864. The number of hydrogen-bond acceptors (Lipinski definition) is 5. The van der Waals surface area contributed by atoms with E-state index in [1.165, 1.54) is 6.07 Å².